The highest BCUT2D eigenvalue weighted by atomic mass is 32.2. The van der Waals surface area contributed by atoms with Crippen LogP contribution in [0.25, 0.3) is 0 Å². The third-order valence-electron chi connectivity index (χ3n) is 4.78. The van der Waals surface area contributed by atoms with Crippen LogP contribution in [0.3, 0.4) is 0 Å². The molecule has 0 saturated carbocycles. The summed E-state index contributed by atoms with van der Waals surface area (Å²) in [5, 5.41) is 0. The van der Waals surface area contributed by atoms with Crippen molar-refractivity contribution in [2.24, 2.45) is 0 Å². The lowest BCUT2D eigenvalue weighted by molar-refractivity contribution is -0.135. The number of aryl methyl sites for hydroxylation is 1. The first-order chi connectivity index (χ1) is 12.2. The summed E-state index contributed by atoms with van der Waals surface area (Å²) >= 11 is 1.96. The van der Waals surface area contributed by atoms with E-state index < -0.39 is 0 Å². The number of thioether (sulfide) groups is 1. The second-order valence-corrected chi connectivity index (χ2v) is 7.79. The van der Waals surface area contributed by atoms with E-state index in [4.69, 9.17) is 9.47 Å². The minimum absolute atomic E-state index is 0.101. The molecule has 0 N–H and O–H groups in total. The number of morpholine rings is 1. The van der Waals surface area contributed by atoms with Crippen molar-refractivity contribution in [3.05, 3.63) is 29.8 Å². The van der Waals surface area contributed by atoms with Gasteiger partial charge in [-0.15, -0.1) is 0 Å². The molecule has 2 aliphatic heterocycles. The van der Waals surface area contributed by atoms with E-state index in [1.54, 1.807) is 0 Å². The number of ether oxygens (including phenoxy) is 2. The van der Waals surface area contributed by atoms with E-state index in [9.17, 15) is 4.79 Å². The molecule has 138 valence electrons. The van der Waals surface area contributed by atoms with Crippen molar-refractivity contribution in [3.63, 3.8) is 0 Å². The van der Waals surface area contributed by atoms with E-state index >= 15 is 0 Å². The second-order valence-electron chi connectivity index (χ2n) is 6.64. The highest BCUT2D eigenvalue weighted by Gasteiger charge is 2.28. The Bertz CT molecular complexity index is 563. The number of carbonyl (C=O) groups excluding carboxylic acids is 1. The zero-order chi connectivity index (χ0) is 17.5. The molecule has 2 fully saturated rings. The number of para-hydroxylation sites is 1. The molecule has 25 heavy (non-hydrogen) atoms. The number of benzene rings is 1. The van der Waals surface area contributed by atoms with Gasteiger partial charge in [0.25, 0.3) is 5.91 Å². The largest absolute Gasteiger partial charge is 0.484 e. The van der Waals surface area contributed by atoms with Crippen LogP contribution >= 0.6 is 11.8 Å². The van der Waals surface area contributed by atoms with Crippen molar-refractivity contribution in [2.45, 2.75) is 19.4 Å². The van der Waals surface area contributed by atoms with Crippen LogP contribution in [0.15, 0.2) is 24.3 Å². The van der Waals surface area contributed by atoms with Gasteiger partial charge in [0.05, 0.1) is 19.3 Å². The van der Waals surface area contributed by atoms with Crippen molar-refractivity contribution < 1.29 is 14.3 Å². The van der Waals surface area contributed by atoms with Gasteiger partial charge in [-0.1, -0.05) is 18.2 Å². The van der Waals surface area contributed by atoms with Crippen molar-refractivity contribution in [2.75, 3.05) is 57.5 Å². The topological polar surface area (TPSA) is 42.0 Å². The van der Waals surface area contributed by atoms with Crippen LogP contribution in [0.5, 0.6) is 5.75 Å². The fourth-order valence-electron chi connectivity index (χ4n) is 3.33. The van der Waals surface area contributed by atoms with E-state index in [0.29, 0.717) is 0 Å². The molecule has 5 nitrogen and oxygen atoms in total. The van der Waals surface area contributed by atoms with Crippen LogP contribution in [-0.4, -0.2) is 79.3 Å². The number of hydrogen-bond donors (Lipinski definition) is 0. The van der Waals surface area contributed by atoms with Crippen molar-refractivity contribution >= 4 is 17.7 Å². The Labute approximate surface area is 154 Å². The summed E-state index contributed by atoms with van der Waals surface area (Å²) in [5.41, 5.74) is 1.06. The summed E-state index contributed by atoms with van der Waals surface area (Å²) < 4.78 is 11.2. The van der Waals surface area contributed by atoms with Crippen LogP contribution < -0.4 is 4.74 Å². The van der Waals surface area contributed by atoms with Crippen molar-refractivity contribution in [1.29, 1.82) is 0 Å². The van der Waals surface area contributed by atoms with Gasteiger partial charge in [-0.3, -0.25) is 9.69 Å². The molecule has 1 atom stereocenters. The molecule has 0 spiro atoms. The maximum absolute atomic E-state index is 12.8. The second kappa shape index (κ2) is 9.46. The zero-order valence-corrected chi connectivity index (χ0v) is 15.8. The molecule has 2 aliphatic rings. The summed E-state index contributed by atoms with van der Waals surface area (Å²) in [4.78, 5) is 17.3. The summed E-state index contributed by atoms with van der Waals surface area (Å²) in [6.45, 7) is 7.41. The fraction of sp³-hybridized carbons (Fsp3) is 0.632. The first-order valence-corrected chi connectivity index (χ1v) is 10.3. The number of carbonyl (C=O) groups is 1. The Morgan fingerprint density at radius 3 is 2.88 bits per heavy atom. The number of hydrogen-bond acceptors (Lipinski definition) is 5. The van der Waals surface area contributed by atoms with E-state index in [2.05, 4.69) is 4.90 Å². The van der Waals surface area contributed by atoms with Gasteiger partial charge in [-0.05, 0) is 30.7 Å². The summed E-state index contributed by atoms with van der Waals surface area (Å²) in [6.07, 6.45) is 1.06. The van der Waals surface area contributed by atoms with Gasteiger partial charge >= 0.3 is 0 Å². The van der Waals surface area contributed by atoms with Gasteiger partial charge in [0, 0.05) is 31.9 Å². The standard InChI is InChI=1S/C19H28N2O3S/c1-16-5-2-3-6-18(16)24-14-19(22)21-7-4-12-25-15-17(21)13-20-8-10-23-11-9-20/h2-3,5-6,17H,4,7-15H2,1H3. The monoisotopic (exact) mass is 364 g/mol. The molecule has 0 radical (unpaired) electrons. The van der Waals surface area contributed by atoms with E-state index in [-0.39, 0.29) is 18.6 Å². The summed E-state index contributed by atoms with van der Waals surface area (Å²) in [5.74, 6) is 3.03. The minimum Gasteiger partial charge on any atom is -0.484 e. The summed E-state index contributed by atoms with van der Waals surface area (Å²) in [6, 6.07) is 8.11. The SMILES string of the molecule is Cc1ccccc1OCC(=O)N1CCCSCC1CN1CCOCC1. The molecule has 0 aliphatic carbocycles. The van der Waals surface area contributed by atoms with Gasteiger partial charge in [-0.25, -0.2) is 0 Å². The lowest BCUT2D eigenvalue weighted by Crippen LogP contribution is -2.51. The molecule has 0 aromatic heterocycles. The predicted molar refractivity (Wildman–Crippen MR) is 101 cm³/mol. The third kappa shape index (κ3) is 5.36. The average Bonchev–Trinajstić information content (AvgIpc) is 2.87. The van der Waals surface area contributed by atoms with Crippen molar-refractivity contribution in [3.8, 4) is 5.75 Å². The lowest BCUT2D eigenvalue weighted by Gasteiger charge is -2.35. The zero-order valence-electron chi connectivity index (χ0n) is 15.0. The lowest BCUT2D eigenvalue weighted by atomic mass is 10.2. The smallest absolute Gasteiger partial charge is 0.260 e. The maximum Gasteiger partial charge on any atom is 0.260 e. The molecule has 2 saturated heterocycles. The molecule has 3 rings (SSSR count). The number of rotatable bonds is 5. The van der Waals surface area contributed by atoms with E-state index in [0.717, 1.165) is 68.6 Å². The summed E-state index contributed by atoms with van der Waals surface area (Å²) in [7, 11) is 0. The predicted octanol–water partition coefficient (Wildman–Crippen LogP) is 2.04. The Morgan fingerprint density at radius 2 is 2.08 bits per heavy atom. The average molecular weight is 365 g/mol. The van der Waals surface area contributed by atoms with Crippen LogP contribution in [0, 0.1) is 6.92 Å². The quantitative estimate of drug-likeness (QED) is 0.800. The highest BCUT2D eigenvalue weighted by Crippen LogP contribution is 2.20. The van der Waals surface area contributed by atoms with Crippen molar-refractivity contribution in [1.82, 2.24) is 9.80 Å². The van der Waals surface area contributed by atoms with Crippen LogP contribution in [-0.2, 0) is 9.53 Å². The fourth-order valence-corrected chi connectivity index (χ4v) is 4.39. The number of amides is 1. The normalized spacial score (nSPS) is 22.4. The third-order valence-corrected chi connectivity index (χ3v) is 5.97. The van der Waals surface area contributed by atoms with Crippen LogP contribution in [0.2, 0.25) is 0 Å². The molecule has 1 unspecified atom stereocenters. The van der Waals surface area contributed by atoms with Gasteiger partial charge < -0.3 is 14.4 Å². The Hall–Kier alpha value is -1.24. The molecule has 1 aromatic rings. The Morgan fingerprint density at radius 1 is 1.28 bits per heavy atom. The van der Waals surface area contributed by atoms with E-state index in [1.807, 2.05) is 47.9 Å². The minimum atomic E-state index is 0.101. The van der Waals surface area contributed by atoms with E-state index in [1.165, 1.54) is 0 Å². The first kappa shape index (κ1) is 18.5. The maximum atomic E-state index is 12.8. The molecule has 0 bridgehead atoms. The van der Waals surface area contributed by atoms with Gasteiger partial charge in [0.15, 0.2) is 6.61 Å². The molecular formula is C19H28N2O3S. The molecule has 1 aromatic carbocycles. The molecule has 1 amide bonds. The number of nitrogens with zero attached hydrogens (tertiary/aromatic N) is 2. The van der Waals surface area contributed by atoms with Crippen LogP contribution in [0.4, 0.5) is 0 Å². The van der Waals surface area contributed by atoms with Crippen LogP contribution in [0.1, 0.15) is 12.0 Å². The van der Waals surface area contributed by atoms with Gasteiger partial charge in [-0.2, -0.15) is 11.8 Å². The first-order valence-electron chi connectivity index (χ1n) is 9.10. The molecule has 2 heterocycles. The molecule has 6 heteroatoms. The van der Waals surface area contributed by atoms with Gasteiger partial charge in [0.2, 0.25) is 0 Å². The Kier molecular flexibility index (Phi) is 7.02. The van der Waals surface area contributed by atoms with Gasteiger partial charge in [0.1, 0.15) is 5.75 Å². The highest BCUT2D eigenvalue weighted by molar-refractivity contribution is 7.99. The molecular weight excluding hydrogens is 336 g/mol. The Balaban J connectivity index is 1.59.